The van der Waals surface area contributed by atoms with Crippen molar-refractivity contribution in [3.8, 4) is 0 Å². The Hall–Kier alpha value is -2.79. The Morgan fingerprint density at radius 1 is 1.23 bits per heavy atom. The molecule has 172 valence electrons. The van der Waals surface area contributed by atoms with E-state index in [0.29, 0.717) is 18.7 Å². The van der Waals surface area contributed by atoms with Gasteiger partial charge in [0, 0.05) is 13.2 Å². The summed E-state index contributed by atoms with van der Waals surface area (Å²) >= 11 is 0. The second-order valence-electron chi connectivity index (χ2n) is 8.17. The van der Waals surface area contributed by atoms with Gasteiger partial charge in [-0.3, -0.25) is 19.2 Å². The fraction of sp³-hybridized carbons (Fsp3) is 0.650. The minimum absolute atomic E-state index is 0.0463. The second-order valence-corrected chi connectivity index (χ2v) is 8.17. The van der Waals surface area contributed by atoms with Gasteiger partial charge in [0.1, 0.15) is 11.6 Å². The third-order valence-electron chi connectivity index (χ3n) is 4.69. The zero-order valence-corrected chi connectivity index (χ0v) is 18.4. The van der Waals surface area contributed by atoms with Gasteiger partial charge >= 0.3 is 0 Å². The molecule has 0 bridgehead atoms. The largest absolute Gasteiger partial charge is 0.382 e. The van der Waals surface area contributed by atoms with Gasteiger partial charge in [-0.1, -0.05) is 19.0 Å². The summed E-state index contributed by atoms with van der Waals surface area (Å²) in [7, 11) is 1.38. The van der Waals surface area contributed by atoms with Crippen LogP contribution in [0.1, 0.15) is 43.4 Å². The Kier molecular flexibility index (Phi) is 8.28. The molecule has 1 saturated heterocycles. The van der Waals surface area contributed by atoms with Crippen LogP contribution in [0, 0.1) is 12.8 Å². The zero-order chi connectivity index (χ0) is 23.2. The van der Waals surface area contributed by atoms with Crippen molar-refractivity contribution in [2.75, 3.05) is 26.9 Å². The highest BCUT2D eigenvalue weighted by molar-refractivity contribution is 5.98. The molecule has 0 saturated carbocycles. The van der Waals surface area contributed by atoms with Gasteiger partial charge in [0.15, 0.2) is 5.78 Å². The number of amides is 3. The number of carbonyl (C=O) groups excluding carboxylic acids is 4. The van der Waals surface area contributed by atoms with Crippen LogP contribution < -0.4 is 16.0 Å². The number of ether oxygens (including phenoxy) is 2. The molecule has 31 heavy (non-hydrogen) atoms. The number of methoxy groups -OCH3 is 1. The van der Waals surface area contributed by atoms with Gasteiger partial charge in [-0.2, -0.15) is 0 Å². The monoisotopic (exact) mass is 438 g/mol. The van der Waals surface area contributed by atoms with Gasteiger partial charge in [0.05, 0.1) is 31.5 Å². The number of nitrogens with one attached hydrogen (secondary N) is 3. The van der Waals surface area contributed by atoms with Crippen LogP contribution in [0.15, 0.2) is 10.6 Å². The molecule has 0 aromatic carbocycles. The SMILES string of the molecule is COC[C@H](NC(=O)c1cc(C)no1)C(=O)NCC(=O)N[C@@H](CC(C)C)C(=O)[C@@]1(C)CO1. The van der Waals surface area contributed by atoms with E-state index in [-0.39, 0.29) is 30.6 Å². The fourth-order valence-electron chi connectivity index (χ4n) is 2.91. The Morgan fingerprint density at radius 3 is 2.42 bits per heavy atom. The number of carbonyl (C=O) groups is 4. The van der Waals surface area contributed by atoms with E-state index in [1.54, 1.807) is 13.8 Å². The number of rotatable bonds is 12. The number of aromatic nitrogens is 1. The summed E-state index contributed by atoms with van der Waals surface area (Å²) < 4.78 is 15.0. The van der Waals surface area contributed by atoms with Crippen LogP contribution >= 0.6 is 0 Å². The van der Waals surface area contributed by atoms with Gasteiger partial charge in [-0.25, -0.2) is 0 Å². The molecule has 1 aliphatic heterocycles. The quantitative estimate of drug-likeness (QED) is 0.377. The number of hydrogen-bond acceptors (Lipinski definition) is 8. The van der Waals surface area contributed by atoms with Crippen molar-refractivity contribution in [1.29, 1.82) is 0 Å². The number of nitrogens with zero attached hydrogens (tertiary/aromatic N) is 1. The van der Waals surface area contributed by atoms with Crippen LogP contribution in [0.3, 0.4) is 0 Å². The van der Waals surface area contributed by atoms with Crippen molar-refractivity contribution in [2.24, 2.45) is 5.92 Å². The van der Waals surface area contributed by atoms with Crippen LogP contribution in [0.2, 0.25) is 0 Å². The molecule has 0 unspecified atom stereocenters. The van der Waals surface area contributed by atoms with E-state index >= 15 is 0 Å². The van der Waals surface area contributed by atoms with E-state index < -0.39 is 35.4 Å². The number of Topliss-reactive ketones (excluding diaryl/α,β-unsaturated/α-hetero) is 1. The van der Waals surface area contributed by atoms with Crippen LogP contribution in [-0.2, 0) is 23.9 Å². The van der Waals surface area contributed by atoms with Gasteiger partial charge in [-0.05, 0) is 26.2 Å². The summed E-state index contributed by atoms with van der Waals surface area (Å²) in [5, 5.41) is 11.2. The third kappa shape index (κ3) is 7.14. The maximum atomic E-state index is 12.6. The molecular weight excluding hydrogens is 408 g/mol. The van der Waals surface area contributed by atoms with Crippen molar-refractivity contribution in [3.05, 3.63) is 17.5 Å². The zero-order valence-electron chi connectivity index (χ0n) is 18.4. The molecule has 11 heteroatoms. The Bertz CT molecular complexity index is 816. The summed E-state index contributed by atoms with van der Waals surface area (Å²) in [6.07, 6.45) is 0.455. The minimum Gasteiger partial charge on any atom is -0.382 e. The van der Waals surface area contributed by atoms with Crippen molar-refractivity contribution in [2.45, 2.75) is 51.8 Å². The van der Waals surface area contributed by atoms with Gasteiger partial charge < -0.3 is 29.9 Å². The van der Waals surface area contributed by atoms with E-state index in [1.807, 2.05) is 13.8 Å². The summed E-state index contributed by atoms with van der Waals surface area (Å²) in [6, 6.07) is -0.329. The maximum absolute atomic E-state index is 12.6. The molecular formula is C20H30N4O7. The molecule has 1 aromatic heterocycles. The van der Waals surface area contributed by atoms with Crippen LogP contribution in [0.5, 0.6) is 0 Å². The van der Waals surface area contributed by atoms with Crippen molar-refractivity contribution >= 4 is 23.5 Å². The standard InChI is InChI=1S/C20H30N4O7/c1-11(2)6-13(17(26)20(4)10-30-20)22-16(25)8-21-18(27)14(9-29-5)23-19(28)15-7-12(3)24-31-15/h7,11,13-14H,6,8-10H2,1-5H3,(H,21,27)(H,22,25)(H,23,28)/t13-,14-,20+/m0/s1. The fourth-order valence-corrected chi connectivity index (χ4v) is 2.91. The van der Waals surface area contributed by atoms with E-state index in [1.165, 1.54) is 13.2 Å². The highest BCUT2D eigenvalue weighted by Crippen LogP contribution is 2.29. The van der Waals surface area contributed by atoms with E-state index in [9.17, 15) is 19.2 Å². The molecule has 2 rings (SSSR count). The first-order chi connectivity index (χ1) is 14.6. The molecule has 0 radical (unpaired) electrons. The van der Waals surface area contributed by atoms with Crippen molar-refractivity contribution in [1.82, 2.24) is 21.1 Å². The van der Waals surface area contributed by atoms with Gasteiger partial charge in [-0.15, -0.1) is 0 Å². The number of epoxide rings is 1. The Morgan fingerprint density at radius 2 is 1.90 bits per heavy atom. The first-order valence-corrected chi connectivity index (χ1v) is 10.0. The molecule has 1 fully saturated rings. The molecule has 3 amide bonds. The summed E-state index contributed by atoms with van der Waals surface area (Å²) in [5.74, 6) is -1.84. The highest BCUT2D eigenvalue weighted by atomic mass is 16.6. The molecule has 3 atom stereocenters. The molecule has 3 N–H and O–H groups in total. The van der Waals surface area contributed by atoms with Crippen LogP contribution in [-0.4, -0.2) is 73.2 Å². The lowest BCUT2D eigenvalue weighted by molar-refractivity contribution is -0.131. The first kappa shape index (κ1) is 24.5. The predicted octanol–water partition coefficient (Wildman–Crippen LogP) is -0.267. The average Bonchev–Trinajstić information content (AvgIpc) is 3.30. The minimum atomic E-state index is -1.05. The van der Waals surface area contributed by atoms with Crippen molar-refractivity contribution < 1.29 is 33.2 Å². The summed E-state index contributed by atoms with van der Waals surface area (Å²) in [6.45, 7) is 7.08. The Balaban J connectivity index is 1.90. The molecule has 0 spiro atoms. The van der Waals surface area contributed by atoms with Crippen LogP contribution in [0.4, 0.5) is 0 Å². The summed E-state index contributed by atoms with van der Waals surface area (Å²) in [4.78, 5) is 49.6. The lowest BCUT2D eigenvalue weighted by Gasteiger charge is -2.22. The van der Waals surface area contributed by atoms with E-state index in [2.05, 4.69) is 21.1 Å². The average molecular weight is 438 g/mol. The van der Waals surface area contributed by atoms with Gasteiger partial charge in [0.25, 0.3) is 5.91 Å². The van der Waals surface area contributed by atoms with E-state index in [0.717, 1.165) is 0 Å². The van der Waals surface area contributed by atoms with Gasteiger partial charge in [0.2, 0.25) is 17.6 Å². The second kappa shape index (κ2) is 10.5. The van der Waals surface area contributed by atoms with Crippen LogP contribution in [0.25, 0.3) is 0 Å². The summed E-state index contributed by atoms with van der Waals surface area (Å²) in [5.41, 5.74) is -0.339. The normalized spacial score (nSPS) is 19.4. The topological polar surface area (TPSA) is 152 Å². The lowest BCUT2D eigenvalue weighted by atomic mass is 9.93. The molecule has 0 aliphatic carbocycles. The predicted molar refractivity (Wildman–Crippen MR) is 108 cm³/mol. The first-order valence-electron chi connectivity index (χ1n) is 10.0. The molecule has 11 nitrogen and oxygen atoms in total. The Labute approximate surface area is 180 Å². The lowest BCUT2D eigenvalue weighted by Crippen LogP contribution is -2.53. The van der Waals surface area contributed by atoms with Crippen molar-refractivity contribution in [3.63, 3.8) is 0 Å². The number of hydrogen-bond donors (Lipinski definition) is 3. The maximum Gasteiger partial charge on any atom is 0.290 e. The molecule has 1 aliphatic rings. The smallest absolute Gasteiger partial charge is 0.290 e. The number of ketones is 1. The molecule has 1 aromatic rings. The third-order valence-corrected chi connectivity index (χ3v) is 4.69. The highest BCUT2D eigenvalue weighted by Gasteiger charge is 2.50. The number of aryl methyl sites for hydroxylation is 1. The van der Waals surface area contributed by atoms with E-state index in [4.69, 9.17) is 14.0 Å². The molecule has 2 heterocycles.